The summed E-state index contributed by atoms with van der Waals surface area (Å²) in [7, 11) is 1.84. The first-order valence-electron chi connectivity index (χ1n) is 4.83. The number of aromatic amines is 1. The minimum atomic E-state index is 0.223. The predicted octanol–water partition coefficient (Wildman–Crippen LogP) is 0.0598. The number of nitrogen functional groups attached to an aromatic ring is 1. The Labute approximate surface area is 85.7 Å². The number of anilines is 1. The molecule has 2 heterocycles. The van der Waals surface area contributed by atoms with Crippen LogP contribution in [-0.4, -0.2) is 29.9 Å². The van der Waals surface area contributed by atoms with E-state index in [0.29, 0.717) is 17.6 Å². The Bertz CT molecular complexity index is 493. The summed E-state index contributed by atoms with van der Waals surface area (Å²) in [5.41, 5.74) is 5.43. The van der Waals surface area contributed by atoms with Gasteiger partial charge in [-0.3, -0.25) is 5.10 Å². The van der Waals surface area contributed by atoms with Crippen LogP contribution < -0.4 is 5.73 Å². The van der Waals surface area contributed by atoms with Crippen molar-refractivity contribution in [2.24, 2.45) is 7.05 Å². The highest BCUT2D eigenvalue weighted by molar-refractivity contribution is 5.45. The normalized spacial score (nSPS) is 15.8. The van der Waals surface area contributed by atoms with Crippen molar-refractivity contribution < 1.29 is 0 Å². The molecule has 15 heavy (non-hydrogen) atoms. The standard InChI is InChI=1S/C8H11N7/c1-15-7(6-11-8(9)13-12-6)10-5(14-15)4-2-3-4/h4H,2-3H2,1H3,(H3,9,11,12,13). The van der Waals surface area contributed by atoms with Gasteiger partial charge in [0.25, 0.3) is 0 Å². The Kier molecular flexibility index (Phi) is 1.56. The van der Waals surface area contributed by atoms with Gasteiger partial charge < -0.3 is 5.73 Å². The summed E-state index contributed by atoms with van der Waals surface area (Å²) in [4.78, 5) is 8.44. The van der Waals surface area contributed by atoms with E-state index in [2.05, 4.69) is 25.3 Å². The number of nitrogens with zero attached hydrogens (tertiary/aromatic N) is 5. The van der Waals surface area contributed by atoms with E-state index < -0.39 is 0 Å². The van der Waals surface area contributed by atoms with Gasteiger partial charge in [0.2, 0.25) is 5.95 Å². The zero-order chi connectivity index (χ0) is 10.4. The number of H-pyrrole nitrogens is 1. The lowest BCUT2D eigenvalue weighted by molar-refractivity contribution is 0.746. The fraction of sp³-hybridized carbons (Fsp3) is 0.500. The summed E-state index contributed by atoms with van der Waals surface area (Å²) in [6, 6.07) is 0. The van der Waals surface area contributed by atoms with Crippen molar-refractivity contribution in [2.75, 3.05) is 5.73 Å². The third-order valence-corrected chi connectivity index (χ3v) is 2.44. The summed E-state index contributed by atoms with van der Waals surface area (Å²) in [5, 5.41) is 10.8. The van der Waals surface area contributed by atoms with E-state index in [-0.39, 0.29) is 5.95 Å². The molecule has 0 aromatic carbocycles. The molecule has 1 saturated carbocycles. The maximum absolute atomic E-state index is 5.43. The average Bonchev–Trinajstić information content (AvgIpc) is 2.86. The van der Waals surface area contributed by atoms with Crippen molar-refractivity contribution in [3.63, 3.8) is 0 Å². The van der Waals surface area contributed by atoms with Gasteiger partial charge in [0.1, 0.15) is 0 Å². The molecule has 1 fully saturated rings. The lowest BCUT2D eigenvalue weighted by Gasteiger charge is -1.91. The van der Waals surface area contributed by atoms with Gasteiger partial charge in [-0.25, -0.2) is 9.67 Å². The second-order valence-corrected chi connectivity index (χ2v) is 3.73. The highest BCUT2D eigenvalue weighted by Gasteiger charge is 2.29. The van der Waals surface area contributed by atoms with Crippen LogP contribution in [-0.2, 0) is 7.05 Å². The number of aromatic nitrogens is 6. The van der Waals surface area contributed by atoms with Gasteiger partial charge in [-0.2, -0.15) is 10.1 Å². The van der Waals surface area contributed by atoms with Crippen LogP contribution in [0.4, 0.5) is 5.95 Å². The van der Waals surface area contributed by atoms with Crippen molar-refractivity contribution in [1.82, 2.24) is 29.9 Å². The summed E-state index contributed by atoms with van der Waals surface area (Å²) < 4.78 is 1.70. The maximum Gasteiger partial charge on any atom is 0.239 e. The molecule has 2 aromatic heterocycles. The van der Waals surface area contributed by atoms with Gasteiger partial charge in [-0.1, -0.05) is 0 Å². The highest BCUT2D eigenvalue weighted by Crippen LogP contribution is 2.38. The van der Waals surface area contributed by atoms with Crippen LogP contribution >= 0.6 is 0 Å². The van der Waals surface area contributed by atoms with Crippen LogP contribution in [0, 0.1) is 0 Å². The molecule has 0 saturated heterocycles. The van der Waals surface area contributed by atoms with E-state index in [1.54, 1.807) is 4.68 Å². The zero-order valence-corrected chi connectivity index (χ0v) is 8.30. The molecule has 3 rings (SSSR count). The number of nitrogens with two attached hydrogens (primary N) is 1. The zero-order valence-electron chi connectivity index (χ0n) is 8.30. The van der Waals surface area contributed by atoms with E-state index >= 15 is 0 Å². The molecular formula is C8H11N7. The van der Waals surface area contributed by atoms with Crippen LogP contribution in [0.5, 0.6) is 0 Å². The molecule has 3 N–H and O–H groups in total. The molecule has 0 aliphatic heterocycles. The first-order valence-corrected chi connectivity index (χ1v) is 4.83. The minimum absolute atomic E-state index is 0.223. The van der Waals surface area contributed by atoms with Crippen LogP contribution in [0.25, 0.3) is 11.6 Å². The van der Waals surface area contributed by atoms with Gasteiger partial charge in [-0.05, 0) is 12.8 Å². The minimum Gasteiger partial charge on any atom is -0.366 e. The lowest BCUT2D eigenvalue weighted by atomic mass is 10.4. The second-order valence-electron chi connectivity index (χ2n) is 3.73. The molecule has 7 nitrogen and oxygen atoms in total. The Morgan fingerprint density at radius 2 is 2.20 bits per heavy atom. The van der Waals surface area contributed by atoms with Gasteiger partial charge >= 0.3 is 0 Å². The van der Waals surface area contributed by atoms with Gasteiger partial charge in [0, 0.05) is 13.0 Å². The Morgan fingerprint density at radius 3 is 2.80 bits per heavy atom. The molecule has 78 valence electrons. The molecule has 0 unspecified atom stereocenters. The maximum atomic E-state index is 5.43. The van der Waals surface area contributed by atoms with Crippen molar-refractivity contribution in [1.29, 1.82) is 0 Å². The molecule has 7 heteroatoms. The molecule has 1 aliphatic rings. The van der Waals surface area contributed by atoms with Gasteiger partial charge in [0.05, 0.1) is 0 Å². The molecular weight excluding hydrogens is 194 g/mol. The summed E-state index contributed by atoms with van der Waals surface area (Å²) in [5.74, 6) is 2.89. The van der Waals surface area contributed by atoms with E-state index in [1.165, 1.54) is 12.8 Å². The van der Waals surface area contributed by atoms with E-state index in [9.17, 15) is 0 Å². The third kappa shape index (κ3) is 1.36. The first kappa shape index (κ1) is 8.39. The summed E-state index contributed by atoms with van der Waals surface area (Å²) >= 11 is 0. The van der Waals surface area contributed by atoms with Gasteiger partial charge in [-0.15, -0.1) is 5.10 Å². The molecule has 0 bridgehead atoms. The van der Waals surface area contributed by atoms with Crippen LogP contribution in [0.15, 0.2) is 0 Å². The highest BCUT2D eigenvalue weighted by atomic mass is 15.4. The van der Waals surface area contributed by atoms with Crippen molar-refractivity contribution in [2.45, 2.75) is 18.8 Å². The van der Waals surface area contributed by atoms with E-state index in [0.717, 1.165) is 5.82 Å². The van der Waals surface area contributed by atoms with Crippen LogP contribution in [0.3, 0.4) is 0 Å². The monoisotopic (exact) mass is 205 g/mol. The fourth-order valence-corrected chi connectivity index (χ4v) is 1.50. The van der Waals surface area contributed by atoms with Crippen LogP contribution in [0.1, 0.15) is 24.6 Å². The topological polar surface area (TPSA) is 98.3 Å². The number of rotatable bonds is 2. The van der Waals surface area contributed by atoms with Crippen molar-refractivity contribution in [3.05, 3.63) is 5.82 Å². The second kappa shape index (κ2) is 2.78. The SMILES string of the molecule is Cn1nc(C2CC2)nc1-c1nc(N)n[nH]1. The third-order valence-electron chi connectivity index (χ3n) is 2.44. The predicted molar refractivity (Wildman–Crippen MR) is 52.8 cm³/mol. The quantitative estimate of drug-likeness (QED) is 0.722. The molecule has 2 aromatic rings. The number of hydrogen-bond donors (Lipinski definition) is 2. The molecule has 1 aliphatic carbocycles. The van der Waals surface area contributed by atoms with Gasteiger partial charge in [0.15, 0.2) is 17.5 Å². The van der Waals surface area contributed by atoms with E-state index in [4.69, 9.17) is 5.73 Å². The molecule has 0 spiro atoms. The summed E-state index contributed by atoms with van der Waals surface area (Å²) in [6.45, 7) is 0. The molecule has 0 atom stereocenters. The number of hydrogen-bond acceptors (Lipinski definition) is 5. The molecule has 0 amide bonds. The van der Waals surface area contributed by atoms with Crippen molar-refractivity contribution in [3.8, 4) is 11.6 Å². The number of nitrogens with one attached hydrogen (secondary N) is 1. The lowest BCUT2D eigenvalue weighted by Crippen LogP contribution is -1.96. The molecule has 0 radical (unpaired) electrons. The Morgan fingerprint density at radius 1 is 1.40 bits per heavy atom. The van der Waals surface area contributed by atoms with Crippen LogP contribution in [0.2, 0.25) is 0 Å². The Balaban J connectivity index is 2.03. The first-order chi connectivity index (χ1) is 7.24. The van der Waals surface area contributed by atoms with Crippen molar-refractivity contribution >= 4 is 5.95 Å². The fourth-order valence-electron chi connectivity index (χ4n) is 1.50. The average molecular weight is 205 g/mol. The van der Waals surface area contributed by atoms with E-state index in [1.807, 2.05) is 7.05 Å². The smallest absolute Gasteiger partial charge is 0.239 e. The Hall–Kier alpha value is -1.92. The largest absolute Gasteiger partial charge is 0.366 e. The summed E-state index contributed by atoms with van der Waals surface area (Å²) in [6.07, 6.45) is 2.37. The number of aryl methyl sites for hydroxylation is 1.